The highest BCUT2D eigenvalue weighted by atomic mass is 19.1. The zero-order valence-electron chi connectivity index (χ0n) is 11.3. The largest absolute Gasteiger partial charge is 0.466 e. The molecule has 104 valence electrons. The van der Waals surface area contributed by atoms with Crippen LogP contribution >= 0.6 is 0 Å². The molecule has 0 bridgehead atoms. The average molecular weight is 265 g/mol. The fraction of sp³-hybridized carbons (Fsp3) is 0.533. The van der Waals surface area contributed by atoms with Gasteiger partial charge in [-0.1, -0.05) is 12.1 Å². The molecular formula is C15H20FNO2. The van der Waals surface area contributed by atoms with Gasteiger partial charge in [-0.05, 0) is 49.4 Å². The number of carbonyl (C=O) groups is 1. The molecule has 2 rings (SSSR count). The molecule has 0 aliphatic carbocycles. The van der Waals surface area contributed by atoms with Crippen LogP contribution in [0.3, 0.4) is 0 Å². The van der Waals surface area contributed by atoms with Gasteiger partial charge in [0.25, 0.3) is 0 Å². The molecule has 1 aliphatic heterocycles. The Morgan fingerprint density at radius 3 is 3.11 bits per heavy atom. The van der Waals surface area contributed by atoms with Crippen molar-refractivity contribution in [3.05, 3.63) is 34.6 Å². The molecule has 0 spiro atoms. The molecule has 0 saturated carbocycles. The van der Waals surface area contributed by atoms with Crippen molar-refractivity contribution in [1.29, 1.82) is 0 Å². The average Bonchev–Trinajstić information content (AvgIpc) is 2.42. The first-order valence-electron chi connectivity index (χ1n) is 6.88. The van der Waals surface area contributed by atoms with Crippen molar-refractivity contribution in [3.8, 4) is 0 Å². The van der Waals surface area contributed by atoms with Crippen LogP contribution in [0.5, 0.6) is 0 Å². The predicted octanol–water partition coefficient (Wildman–Crippen LogP) is 2.36. The van der Waals surface area contributed by atoms with Gasteiger partial charge in [0.05, 0.1) is 6.61 Å². The third-order valence-corrected chi connectivity index (χ3v) is 3.42. The number of halogens is 1. The van der Waals surface area contributed by atoms with Gasteiger partial charge in [-0.3, -0.25) is 4.79 Å². The van der Waals surface area contributed by atoms with Crippen LogP contribution in [-0.2, 0) is 28.9 Å². The van der Waals surface area contributed by atoms with E-state index in [9.17, 15) is 9.18 Å². The van der Waals surface area contributed by atoms with Crippen molar-refractivity contribution in [1.82, 2.24) is 5.32 Å². The lowest BCUT2D eigenvalue weighted by Gasteiger charge is -2.19. The maximum Gasteiger partial charge on any atom is 0.305 e. The first-order chi connectivity index (χ1) is 9.22. The van der Waals surface area contributed by atoms with Crippen molar-refractivity contribution in [2.75, 3.05) is 13.2 Å². The smallest absolute Gasteiger partial charge is 0.305 e. The van der Waals surface area contributed by atoms with E-state index in [1.54, 1.807) is 6.92 Å². The molecule has 0 fully saturated rings. The van der Waals surface area contributed by atoms with E-state index in [4.69, 9.17) is 4.74 Å². The third kappa shape index (κ3) is 3.53. The van der Waals surface area contributed by atoms with E-state index >= 15 is 0 Å². The predicted molar refractivity (Wildman–Crippen MR) is 71.4 cm³/mol. The fourth-order valence-electron chi connectivity index (χ4n) is 2.43. The highest BCUT2D eigenvalue weighted by Gasteiger charge is 2.16. The van der Waals surface area contributed by atoms with E-state index in [-0.39, 0.29) is 11.8 Å². The number of benzene rings is 1. The highest BCUT2D eigenvalue weighted by Crippen LogP contribution is 2.22. The summed E-state index contributed by atoms with van der Waals surface area (Å²) >= 11 is 0. The van der Waals surface area contributed by atoms with Gasteiger partial charge in [0.2, 0.25) is 0 Å². The molecule has 1 N–H and O–H groups in total. The van der Waals surface area contributed by atoms with E-state index in [1.165, 1.54) is 0 Å². The maximum atomic E-state index is 14.3. The van der Waals surface area contributed by atoms with E-state index < -0.39 is 0 Å². The Balaban J connectivity index is 1.96. The molecule has 0 amide bonds. The highest BCUT2D eigenvalue weighted by molar-refractivity contribution is 5.69. The minimum Gasteiger partial charge on any atom is -0.466 e. The summed E-state index contributed by atoms with van der Waals surface area (Å²) in [5, 5.41) is 3.23. The lowest BCUT2D eigenvalue weighted by atomic mass is 9.95. The molecule has 0 atom stereocenters. The summed E-state index contributed by atoms with van der Waals surface area (Å²) < 4.78 is 19.1. The number of hydrogen-bond donors (Lipinski definition) is 1. The van der Waals surface area contributed by atoms with Crippen molar-refractivity contribution in [2.45, 2.75) is 39.2 Å². The van der Waals surface area contributed by atoms with Gasteiger partial charge >= 0.3 is 5.97 Å². The second-order valence-corrected chi connectivity index (χ2v) is 4.76. The van der Waals surface area contributed by atoms with Gasteiger partial charge in [0, 0.05) is 13.0 Å². The summed E-state index contributed by atoms with van der Waals surface area (Å²) in [5.41, 5.74) is 2.61. The van der Waals surface area contributed by atoms with Crippen LogP contribution in [-0.4, -0.2) is 19.1 Å². The van der Waals surface area contributed by atoms with E-state index in [0.717, 1.165) is 30.6 Å². The second kappa shape index (κ2) is 6.66. The van der Waals surface area contributed by atoms with Crippen LogP contribution in [0.15, 0.2) is 12.1 Å². The van der Waals surface area contributed by atoms with E-state index in [2.05, 4.69) is 5.32 Å². The van der Waals surface area contributed by atoms with Gasteiger partial charge in [0.15, 0.2) is 0 Å². The minimum absolute atomic E-state index is 0.0807. The van der Waals surface area contributed by atoms with Gasteiger partial charge < -0.3 is 10.1 Å². The third-order valence-electron chi connectivity index (χ3n) is 3.42. The molecule has 4 heteroatoms. The summed E-state index contributed by atoms with van der Waals surface area (Å²) in [4.78, 5) is 11.2. The van der Waals surface area contributed by atoms with E-state index in [1.807, 2.05) is 12.1 Å². The Labute approximate surface area is 113 Å². The quantitative estimate of drug-likeness (QED) is 0.831. The molecule has 1 aromatic rings. The molecule has 0 saturated heterocycles. The summed E-state index contributed by atoms with van der Waals surface area (Å²) in [6.07, 6.45) is 2.32. The number of ether oxygens (including phenoxy) is 1. The van der Waals surface area contributed by atoms with E-state index in [0.29, 0.717) is 31.4 Å². The zero-order valence-corrected chi connectivity index (χ0v) is 11.3. The molecule has 0 radical (unpaired) electrons. The molecular weight excluding hydrogens is 245 g/mol. The molecule has 1 aromatic carbocycles. The van der Waals surface area contributed by atoms with Crippen LogP contribution < -0.4 is 5.32 Å². The molecule has 0 aromatic heterocycles. The number of fused-ring (bicyclic) bond motifs is 1. The summed E-state index contributed by atoms with van der Waals surface area (Å²) in [6.45, 7) is 3.76. The van der Waals surface area contributed by atoms with Crippen molar-refractivity contribution in [3.63, 3.8) is 0 Å². The maximum absolute atomic E-state index is 14.3. The van der Waals surface area contributed by atoms with Crippen molar-refractivity contribution in [2.24, 2.45) is 0 Å². The Hall–Kier alpha value is -1.42. The van der Waals surface area contributed by atoms with Crippen molar-refractivity contribution < 1.29 is 13.9 Å². The lowest BCUT2D eigenvalue weighted by Crippen LogP contribution is -2.25. The Bertz CT molecular complexity index is 460. The van der Waals surface area contributed by atoms with Crippen LogP contribution in [0.4, 0.5) is 4.39 Å². The van der Waals surface area contributed by atoms with Crippen LogP contribution in [0.2, 0.25) is 0 Å². The second-order valence-electron chi connectivity index (χ2n) is 4.76. The minimum atomic E-state index is -0.204. The Morgan fingerprint density at radius 1 is 1.47 bits per heavy atom. The summed E-state index contributed by atoms with van der Waals surface area (Å²) in [7, 11) is 0. The zero-order chi connectivity index (χ0) is 13.7. The molecule has 19 heavy (non-hydrogen) atoms. The molecule has 3 nitrogen and oxygen atoms in total. The monoisotopic (exact) mass is 265 g/mol. The first kappa shape index (κ1) is 14.0. The number of rotatable bonds is 5. The number of nitrogens with one attached hydrogen (secondary N) is 1. The standard InChI is InChI=1S/C15H20FNO2/c1-2-19-14(18)5-3-4-11-6-7-12-10-17-9-8-13(12)15(11)16/h6-7,17H,2-5,8-10H2,1H3. The topological polar surface area (TPSA) is 38.3 Å². The molecule has 0 unspecified atom stereocenters. The van der Waals surface area contributed by atoms with Gasteiger partial charge in [-0.15, -0.1) is 0 Å². The number of carbonyl (C=O) groups excluding carboxylic acids is 1. The lowest BCUT2D eigenvalue weighted by molar-refractivity contribution is -0.143. The summed E-state index contributed by atoms with van der Waals surface area (Å²) in [6, 6.07) is 3.83. The Morgan fingerprint density at radius 2 is 2.32 bits per heavy atom. The fourth-order valence-corrected chi connectivity index (χ4v) is 2.43. The van der Waals surface area contributed by atoms with Crippen LogP contribution in [0.25, 0.3) is 0 Å². The van der Waals surface area contributed by atoms with Gasteiger partial charge in [-0.25, -0.2) is 4.39 Å². The number of esters is 1. The van der Waals surface area contributed by atoms with Crippen LogP contribution in [0, 0.1) is 5.82 Å². The molecule has 1 aliphatic rings. The molecule has 1 heterocycles. The Kier molecular flexibility index (Phi) is 4.91. The van der Waals surface area contributed by atoms with Crippen LogP contribution in [0.1, 0.15) is 36.5 Å². The SMILES string of the molecule is CCOC(=O)CCCc1ccc2c(c1F)CCNC2. The number of aryl methyl sites for hydroxylation is 1. The normalized spacial score (nSPS) is 14.0. The van der Waals surface area contributed by atoms with Gasteiger partial charge in [-0.2, -0.15) is 0 Å². The first-order valence-corrected chi connectivity index (χ1v) is 6.88. The van der Waals surface area contributed by atoms with Gasteiger partial charge in [0.1, 0.15) is 5.82 Å². The van der Waals surface area contributed by atoms with Crippen molar-refractivity contribution >= 4 is 5.97 Å². The number of hydrogen-bond acceptors (Lipinski definition) is 3. The summed E-state index contributed by atoms with van der Waals surface area (Å²) in [5.74, 6) is -0.284.